The van der Waals surface area contributed by atoms with Crippen LogP contribution in [0.4, 0.5) is 4.39 Å². The van der Waals surface area contributed by atoms with Crippen molar-refractivity contribution in [1.82, 2.24) is 24.1 Å². The first-order chi connectivity index (χ1) is 16.5. The SMILES string of the molecule is N#Cc1cnc2ccc(-c3c(-c4ccc(F)cc4)ncn3C34CC5C[C@H](C3)C[C@@](O)(C5)C4)nn12. The Morgan fingerprint density at radius 3 is 2.50 bits per heavy atom. The zero-order valence-corrected chi connectivity index (χ0v) is 18.5. The van der Waals surface area contributed by atoms with E-state index in [9.17, 15) is 14.8 Å². The second-order valence-corrected chi connectivity index (χ2v) is 10.5. The van der Waals surface area contributed by atoms with E-state index in [4.69, 9.17) is 10.1 Å². The molecule has 4 aliphatic rings. The molecule has 0 radical (unpaired) electrons. The van der Waals surface area contributed by atoms with E-state index in [-0.39, 0.29) is 11.4 Å². The normalized spacial score (nSPS) is 29.6. The fourth-order valence-electron chi connectivity index (χ4n) is 7.30. The quantitative estimate of drug-likeness (QED) is 0.498. The van der Waals surface area contributed by atoms with Crippen LogP contribution in [0, 0.1) is 29.0 Å². The monoisotopic (exact) mass is 454 g/mol. The third kappa shape index (κ3) is 2.80. The predicted molar refractivity (Wildman–Crippen MR) is 122 cm³/mol. The van der Waals surface area contributed by atoms with Gasteiger partial charge in [0.15, 0.2) is 11.3 Å². The third-order valence-corrected chi connectivity index (χ3v) is 8.12. The van der Waals surface area contributed by atoms with Crippen molar-refractivity contribution in [2.24, 2.45) is 11.8 Å². The molecule has 8 rings (SSSR count). The number of nitrogens with zero attached hydrogens (tertiary/aromatic N) is 6. The molecule has 4 fully saturated rings. The molecule has 3 heterocycles. The molecule has 0 spiro atoms. The van der Waals surface area contributed by atoms with Gasteiger partial charge in [-0.25, -0.2) is 18.9 Å². The molecule has 2 unspecified atom stereocenters. The highest BCUT2D eigenvalue weighted by Gasteiger charge is 2.58. The first kappa shape index (κ1) is 19.9. The second kappa shape index (κ2) is 6.73. The summed E-state index contributed by atoms with van der Waals surface area (Å²) >= 11 is 0. The van der Waals surface area contributed by atoms with Gasteiger partial charge >= 0.3 is 0 Å². The molecule has 4 aliphatic carbocycles. The molecule has 4 saturated carbocycles. The number of aliphatic hydroxyl groups is 1. The maximum atomic E-state index is 13.7. The molecule has 4 bridgehead atoms. The zero-order valence-electron chi connectivity index (χ0n) is 18.5. The molecular weight excluding hydrogens is 431 g/mol. The highest BCUT2D eigenvalue weighted by Crippen LogP contribution is 2.61. The molecule has 3 aromatic heterocycles. The molecule has 1 N–H and O–H groups in total. The number of hydrogen-bond donors (Lipinski definition) is 1. The van der Waals surface area contributed by atoms with E-state index in [1.807, 2.05) is 18.5 Å². The van der Waals surface area contributed by atoms with Crippen LogP contribution in [0.2, 0.25) is 0 Å². The van der Waals surface area contributed by atoms with Crippen molar-refractivity contribution in [1.29, 1.82) is 5.26 Å². The van der Waals surface area contributed by atoms with Crippen molar-refractivity contribution in [3.63, 3.8) is 0 Å². The predicted octanol–water partition coefficient (Wildman–Crippen LogP) is 4.31. The lowest BCUT2D eigenvalue weighted by molar-refractivity contribution is -0.156. The van der Waals surface area contributed by atoms with Gasteiger partial charge in [-0.1, -0.05) is 0 Å². The van der Waals surface area contributed by atoms with E-state index in [1.54, 1.807) is 16.6 Å². The van der Waals surface area contributed by atoms with Gasteiger partial charge in [-0.2, -0.15) is 10.4 Å². The maximum absolute atomic E-state index is 13.7. The average molecular weight is 455 g/mol. The summed E-state index contributed by atoms with van der Waals surface area (Å²) in [4.78, 5) is 9.08. The van der Waals surface area contributed by atoms with Crippen molar-refractivity contribution in [2.75, 3.05) is 0 Å². The van der Waals surface area contributed by atoms with Crippen molar-refractivity contribution < 1.29 is 9.50 Å². The van der Waals surface area contributed by atoms with Crippen LogP contribution in [-0.2, 0) is 5.54 Å². The number of halogens is 1. The molecule has 1 aromatic carbocycles. The Labute approximate surface area is 195 Å². The number of fused-ring (bicyclic) bond motifs is 1. The van der Waals surface area contributed by atoms with Gasteiger partial charge < -0.3 is 9.67 Å². The second-order valence-electron chi connectivity index (χ2n) is 10.5. The Hall–Kier alpha value is -3.57. The van der Waals surface area contributed by atoms with Gasteiger partial charge in [0, 0.05) is 11.1 Å². The third-order valence-electron chi connectivity index (χ3n) is 8.12. The minimum atomic E-state index is -0.628. The minimum Gasteiger partial charge on any atom is -0.390 e. The van der Waals surface area contributed by atoms with Crippen LogP contribution in [0.1, 0.15) is 44.2 Å². The molecule has 7 nitrogen and oxygen atoms in total. The molecule has 0 amide bonds. The van der Waals surface area contributed by atoms with Gasteiger partial charge in [-0.3, -0.25) is 0 Å². The molecular formula is C26H23FN6O. The van der Waals surface area contributed by atoms with Crippen LogP contribution in [0.5, 0.6) is 0 Å². The number of rotatable bonds is 3. The van der Waals surface area contributed by atoms with Gasteiger partial charge in [0.05, 0.1) is 29.5 Å². The van der Waals surface area contributed by atoms with Crippen LogP contribution in [-0.4, -0.2) is 34.9 Å². The van der Waals surface area contributed by atoms with E-state index in [1.165, 1.54) is 24.8 Å². The van der Waals surface area contributed by atoms with E-state index in [2.05, 4.69) is 15.6 Å². The molecule has 0 saturated heterocycles. The van der Waals surface area contributed by atoms with Crippen LogP contribution in [0.3, 0.4) is 0 Å². The van der Waals surface area contributed by atoms with Crippen LogP contribution in [0.15, 0.2) is 48.9 Å². The van der Waals surface area contributed by atoms with E-state index >= 15 is 0 Å². The Balaban J connectivity index is 1.46. The molecule has 4 atom stereocenters. The van der Waals surface area contributed by atoms with Gasteiger partial charge in [0.25, 0.3) is 0 Å². The summed E-state index contributed by atoms with van der Waals surface area (Å²) in [5.41, 5.74) is 3.10. The van der Waals surface area contributed by atoms with E-state index in [0.29, 0.717) is 41.0 Å². The average Bonchev–Trinajstić information content (AvgIpc) is 3.42. The molecule has 8 heteroatoms. The van der Waals surface area contributed by atoms with Crippen LogP contribution >= 0.6 is 0 Å². The Morgan fingerprint density at radius 2 is 1.79 bits per heavy atom. The highest BCUT2D eigenvalue weighted by atomic mass is 19.1. The van der Waals surface area contributed by atoms with Crippen molar-refractivity contribution in [3.05, 3.63) is 60.4 Å². The van der Waals surface area contributed by atoms with Gasteiger partial charge in [0.2, 0.25) is 0 Å². The lowest BCUT2D eigenvalue weighted by atomic mass is 9.51. The van der Waals surface area contributed by atoms with Crippen molar-refractivity contribution in [2.45, 2.75) is 49.7 Å². The minimum absolute atomic E-state index is 0.233. The van der Waals surface area contributed by atoms with Crippen molar-refractivity contribution in [3.8, 4) is 28.7 Å². The molecule has 0 aliphatic heterocycles. The summed E-state index contributed by atoms with van der Waals surface area (Å²) < 4.78 is 17.5. The summed E-state index contributed by atoms with van der Waals surface area (Å²) in [7, 11) is 0. The lowest BCUT2D eigenvalue weighted by Crippen LogP contribution is -2.59. The fourth-order valence-corrected chi connectivity index (χ4v) is 7.30. The van der Waals surface area contributed by atoms with Crippen LogP contribution < -0.4 is 0 Å². The highest BCUT2D eigenvalue weighted by molar-refractivity contribution is 5.77. The Kier molecular flexibility index (Phi) is 3.93. The first-order valence-corrected chi connectivity index (χ1v) is 11.8. The lowest BCUT2D eigenvalue weighted by Gasteiger charge is -2.60. The number of benzene rings is 1. The van der Waals surface area contributed by atoms with Gasteiger partial charge in [-0.05, 0) is 86.8 Å². The van der Waals surface area contributed by atoms with Crippen LogP contribution in [0.25, 0.3) is 28.3 Å². The zero-order chi connectivity index (χ0) is 23.1. The first-order valence-electron chi connectivity index (χ1n) is 11.8. The summed E-state index contributed by atoms with van der Waals surface area (Å²) in [5.74, 6) is 0.708. The Bertz CT molecular complexity index is 1470. The van der Waals surface area contributed by atoms with Gasteiger partial charge in [-0.15, -0.1) is 0 Å². The summed E-state index contributed by atoms with van der Waals surface area (Å²) in [6.07, 6.45) is 9.05. The van der Waals surface area contributed by atoms with E-state index < -0.39 is 5.60 Å². The summed E-state index contributed by atoms with van der Waals surface area (Å²) in [5, 5.41) is 25.7. The van der Waals surface area contributed by atoms with E-state index in [0.717, 1.165) is 36.9 Å². The fraction of sp³-hybridized carbons (Fsp3) is 0.385. The molecule has 4 aromatic rings. The molecule has 34 heavy (non-hydrogen) atoms. The smallest absolute Gasteiger partial charge is 0.162 e. The standard InChI is InChI=1S/C26H23FN6O/c27-19-3-1-18(2-4-19)23-24(21-5-6-22-29-13-20(12-28)33(22)31-21)32(15-30-23)25-8-16-7-17(9-25)11-26(34,10-16)14-25/h1-6,13,15-17,34H,7-11,14H2/t16-,17?,25?,26-/m1/s1. The number of hydrogen-bond acceptors (Lipinski definition) is 5. The summed E-state index contributed by atoms with van der Waals surface area (Å²) in [6.45, 7) is 0. The number of nitriles is 1. The largest absolute Gasteiger partial charge is 0.390 e. The Morgan fingerprint density at radius 1 is 1.03 bits per heavy atom. The number of imidazole rings is 2. The summed E-state index contributed by atoms with van der Waals surface area (Å²) in [6, 6.07) is 12.2. The topological polar surface area (TPSA) is 92.0 Å². The van der Waals surface area contributed by atoms with Gasteiger partial charge in [0.1, 0.15) is 17.6 Å². The van der Waals surface area contributed by atoms with Crippen molar-refractivity contribution >= 4 is 5.65 Å². The molecule has 170 valence electrons. The number of aromatic nitrogens is 5. The maximum Gasteiger partial charge on any atom is 0.162 e.